The molecule has 0 aromatic carbocycles. The number of ketones is 1. The predicted molar refractivity (Wildman–Crippen MR) is 156 cm³/mol. The number of Topliss-reactive ketones (excluding diaryl/α,β-unsaturated/α-hetero) is 1. The van der Waals surface area contributed by atoms with Gasteiger partial charge < -0.3 is 0 Å². The van der Waals surface area contributed by atoms with Crippen molar-refractivity contribution in [2.75, 3.05) is 0 Å². The van der Waals surface area contributed by atoms with Crippen molar-refractivity contribution in [3.05, 3.63) is 0 Å². The van der Waals surface area contributed by atoms with Crippen LogP contribution in [0.25, 0.3) is 0 Å². The first-order chi connectivity index (χ1) is 17.0. The molecule has 0 aromatic rings. The van der Waals surface area contributed by atoms with Crippen LogP contribution in [0.5, 0.6) is 0 Å². The summed E-state index contributed by atoms with van der Waals surface area (Å²) in [5.74, 6) is 0.400. The van der Waals surface area contributed by atoms with E-state index in [2.05, 4.69) is 27.7 Å². The molecule has 0 fully saturated rings. The summed E-state index contributed by atoms with van der Waals surface area (Å²) in [6.07, 6.45) is 25.7. The Morgan fingerprint density at radius 2 is 0.857 bits per heavy atom. The molecule has 0 heterocycles. The Bertz CT molecular complexity index is 484. The van der Waals surface area contributed by atoms with Crippen molar-refractivity contribution in [2.24, 2.45) is 0 Å². The number of hydrogen-bond donors (Lipinski definition) is 0. The molecule has 0 saturated carbocycles. The molecule has 0 aliphatic heterocycles. The second-order valence-electron chi connectivity index (χ2n) is 11.0. The molecule has 0 radical (unpaired) electrons. The summed E-state index contributed by atoms with van der Waals surface area (Å²) in [4.78, 5) is 25.9. The Labute approximate surface area is 224 Å². The van der Waals surface area contributed by atoms with E-state index in [1.807, 2.05) is 0 Å². The zero-order chi connectivity index (χ0) is 26.0. The first kappa shape index (κ1) is 34.9. The average Bonchev–Trinajstić information content (AvgIpc) is 2.84. The van der Waals surface area contributed by atoms with Gasteiger partial charge in [0.25, 0.3) is 0 Å². The van der Waals surface area contributed by atoms with Crippen LogP contribution in [0.2, 0.25) is 13.3 Å². The van der Waals surface area contributed by atoms with E-state index in [9.17, 15) is 9.59 Å². The molecular formula is C31H62O3Sn. The van der Waals surface area contributed by atoms with Gasteiger partial charge in [0.1, 0.15) is 0 Å². The molecule has 0 unspecified atom stereocenters. The van der Waals surface area contributed by atoms with Crippen molar-refractivity contribution in [1.82, 2.24) is 0 Å². The monoisotopic (exact) mass is 602 g/mol. The molecule has 4 heteroatoms. The molecule has 0 aromatic heterocycles. The van der Waals surface area contributed by atoms with E-state index in [0.29, 0.717) is 23.1 Å². The van der Waals surface area contributed by atoms with Gasteiger partial charge >= 0.3 is 219 Å². The second kappa shape index (κ2) is 25.6. The van der Waals surface area contributed by atoms with Crippen LogP contribution >= 0.6 is 0 Å². The first-order valence-corrected chi connectivity index (χ1v) is 23.0. The van der Waals surface area contributed by atoms with Crippen LogP contribution < -0.4 is 0 Å². The van der Waals surface area contributed by atoms with Gasteiger partial charge in [0.15, 0.2) is 0 Å². The van der Waals surface area contributed by atoms with Crippen molar-refractivity contribution in [3.8, 4) is 0 Å². The molecule has 0 N–H and O–H groups in total. The zero-order valence-electron chi connectivity index (χ0n) is 24.4. The molecule has 3 nitrogen and oxygen atoms in total. The third-order valence-corrected chi connectivity index (χ3v) is 19.4. The number of carbonyl (C=O) groups excluding carboxylic acids is 2. The molecule has 0 saturated heterocycles. The van der Waals surface area contributed by atoms with Crippen molar-refractivity contribution >= 4 is 30.5 Å². The molecule has 0 aliphatic carbocycles. The van der Waals surface area contributed by atoms with Crippen molar-refractivity contribution in [3.63, 3.8) is 0 Å². The summed E-state index contributed by atoms with van der Waals surface area (Å²) in [6, 6.07) is 0. The van der Waals surface area contributed by atoms with Gasteiger partial charge in [-0.1, -0.05) is 6.92 Å². The normalized spacial score (nSPS) is 11.7. The average molecular weight is 602 g/mol. The zero-order valence-corrected chi connectivity index (χ0v) is 27.3. The number of hydrogen-bond acceptors (Lipinski definition) is 3. The second-order valence-corrected chi connectivity index (χ2v) is 22.2. The van der Waals surface area contributed by atoms with Crippen molar-refractivity contribution in [1.29, 1.82) is 0 Å². The van der Waals surface area contributed by atoms with Crippen LogP contribution in [0.1, 0.15) is 169 Å². The quantitative estimate of drug-likeness (QED) is 0.0695. The molecule has 0 amide bonds. The Kier molecular flexibility index (Phi) is 25.5. The molecular weight excluding hydrogens is 539 g/mol. The Balaban J connectivity index is 4.55. The van der Waals surface area contributed by atoms with E-state index in [4.69, 9.17) is 3.07 Å². The maximum atomic E-state index is 13.0. The third kappa shape index (κ3) is 21.7. The Morgan fingerprint density at radius 3 is 1.29 bits per heavy atom. The standard InChI is InChI=1S/C12H24O2.C11H21O.2C4H9.Sn/c1-2-3-4-5-6-7-8-9-10-11-12(13)14;1-3-4-5-6-7-8-9-10-11(2)12;2*1-3-4-2;/h2-11H2,1H3,(H,13,14);2-10H2,1H3;2*1,3-4H2,2H3;/q;;;;+1/p-1. The summed E-state index contributed by atoms with van der Waals surface area (Å²) >= 11 is -3.25. The summed E-state index contributed by atoms with van der Waals surface area (Å²) in [5, 5.41) is 0. The maximum absolute atomic E-state index is 13.0. The van der Waals surface area contributed by atoms with Gasteiger partial charge in [-0.25, -0.2) is 0 Å². The Hall–Kier alpha value is -0.0613. The molecule has 0 rings (SSSR count). The van der Waals surface area contributed by atoms with Gasteiger partial charge in [-0.2, -0.15) is 0 Å². The van der Waals surface area contributed by atoms with E-state index in [1.165, 1.54) is 83.5 Å². The number of carbonyl (C=O) groups is 2. The number of unbranched alkanes of at least 4 members (excludes halogenated alkanes) is 16. The minimum absolute atomic E-state index is 0.0136. The van der Waals surface area contributed by atoms with Crippen molar-refractivity contribution in [2.45, 2.75) is 182 Å². The molecule has 0 atom stereocenters. The van der Waals surface area contributed by atoms with Crippen LogP contribution in [0.3, 0.4) is 0 Å². The SMILES string of the molecule is CCCCCCCCCCCC(=O)[O][Sn]([CH2]CCC)([CH2]CCC)[CH2]C(=O)CCCCCCCCC. The van der Waals surface area contributed by atoms with Crippen LogP contribution in [0.4, 0.5) is 0 Å². The molecule has 208 valence electrons. The predicted octanol–water partition coefficient (Wildman–Crippen LogP) is 10.7. The topological polar surface area (TPSA) is 43.4 Å². The molecule has 0 bridgehead atoms. The van der Waals surface area contributed by atoms with Crippen LogP contribution in [-0.2, 0) is 12.7 Å². The van der Waals surface area contributed by atoms with E-state index < -0.39 is 18.8 Å². The van der Waals surface area contributed by atoms with Crippen LogP contribution in [-0.4, -0.2) is 30.5 Å². The number of rotatable bonds is 27. The summed E-state index contributed by atoms with van der Waals surface area (Å²) < 4.78 is 9.12. The molecule has 0 aliphatic rings. The van der Waals surface area contributed by atoms with E-state index >= 15 is 0 Å². The van der Waals surface area contributed by atoms with Gasteiger partial charge in [-0.3, -0.25) is 0 Å². The van der Waals surface area contributed by atoms with Crippen LogP contribution in [0.15, 0.2) is 0 Å². The van der Waals surface area contributed by atoms with Crippen LogP contribution in [0, 0.1) is 0 Å². The fourth-order valence-corrected chi connectivity index (χ4v) is 17.5. The summed E-state index contributed by atoms with van der Waals surface area (Å²) in [7, 11) is 0. The van der Waals surface area contributed by atoms with Gasteiger partial charge in [0, 0.05) is 0 Å². The fraction of sp³-hybridized carbons (Fsp3) is 0.935. The van der Waals surface area contributed by atoms with Gasteiger partial charge in [0.2, 0.25) is 0 Å². The fourth-order valence-electron chi connectivity index (χ4n) is 5.04. The van der Waals surface area contributed by atoms with E-state index in [-0.39, 0.29) is 5.97 Å². The van der Waals surface area contributed by atoms with Gasteiger partial charge in [-0.05, 0) is 0 Å². The van der Waals surface area contributed by atoms with Crippen molar-refractivity contribution < 1.29 is 12.7 Å². The third-order valence-electron chi connectivity index (χ3n) is 7.37. The molecule has 0 spiro atoms. The summed E-state index contributed by atoms with van der Waals surface area (Å²) in [6.45, 7) is 8.92. The van der Waals surface area contributed by atoms with Gasteiger partial charge in [-0.15, -0.1) is 0 Å². The van der Waals surface area contributed by atoms with E-state index in [0.717, 1.165) is 53.8 Å². The molecule has 35 heavy (non-hydrogen) atoms. The van der Waals surface area contributed by atoms with E-state index in [1.54, 1.807) is 0 Å². The van der Waals surface area contributed by atoms with Gasteiger partial charge in [0.05, 0.1) is 0 Å². The first-order valence-electron chi connectivity index (χ1n) is 15.8. The summed E-state index contributed by atoms with van der Waals surface area (Å²) in [5.41, 5.74) is 0. The Morgan fingerprint density at radius 1 is 0.486 bits per heavy atom. The minimum atomic E-state index is -3.25.